The van der Waals surface area contributed by atoms with E-state index in [0.29, 0.717) is 23.6 Å². The Hall–Kier alpha value is -3.87. The lowest BCUT2D eigenvalue weighted by atomic mass is 10.0. The summed E-state index contributed by atoms with van der Waals surface area (Å²) in [6, 6.07) is 17.6. The molecule has 0 spiro atoms. The first-order chi connectivity index (χ1) is 13.6. The average Bonchev–Trinajstić information content (AvgIpc) is 2.71. The van der Waals surface area contributed by atoms with Gasteiger partial charge in [0.05, 0.1) is 18.5 Å². The Kier molecular flexibility index (Phi) is 5.86. The number of benzene rings is 3. The lowest BCUT2D eigenvalue weighted by molar-refractivity contribution is -0.136. The van der Waals surface area contributed by atoms with Crippen LogP contribution in [0.4, 0.5) is 5.69 Å². The minimum atomic E-state index is -0.942. The number of phenolic OH excluding ortho intramolecular Hbond substituents is 1. The highest BCUT2D eigenvalue weighted by Gasteiger charge is 2.15. The van der Waals surface area contributed by atoms with E-state index in [-0.39, 0.29) is 5.75 Å². The number of anilines is 1. The molecule has 0 saturated carbocycles. The van der Waals surface area contributed by atoms with Gasteiger partial charge in [0, 0.05) is 5.56 Å². The molecule has 0 radical (unpaired) electrons. The van der Waals surface area contributed by atoms with Crippen molar-refractivity contribution in [3.05, 3.63) is 66.2 Å². The number of hydrogen-bond donors (Lipinski definition) is 3. The summed E-state index contributed by atoms with van der Waals surface area (Å²) < 4.78 is 5.41. The van der Waals surface area contributed by atoms with Gasteiger partial charge in [0.15, 0.2) is 0 Å². The molecule has 3 N–H and O–H groups in total. The minimum Gasteiger partial charge on any atom is -0.507 e. The number of nitrogens with one attached hydrogen (secondary N) is 2. The minimum absolute atomic E-state index is 0.0202. The molecule has 142 valence electrons. The van der Waals surface area contributed by atoms with Crippen LogP contribution in [-0.2, 0) is 9.59 Å². The second-order valence-electron chi connectivity index (χ2n) is 5.80. The molecule has 0 aromatic heterocycles. The number of hydrazone groups is 1. The Morgan fingerprint density at radius 3 is 2.61 bits per heavy atom. The van der Waals surface area contributed by atoms with Crippen molar-refractivity contribution >= 4 is 34.5 Å². The van der Waals surface area contributed by atoms with Gasteiger partial charge in [-0.05, 0) is 35.9 Å². The first-order valence-corrected chi connectivity index (χ1v) is 8.67. The van der Waals surface area contributed by atoms with E-state index >= 15 is 0 Å². The van der Waals surface area contributed by atoms with Gasteiger partial charge >= 0.3 is 11.8 Å². The van der Waals surface area contributed by atoms with Crippen LogP contribution in [0.5, 0.6) is 11.5 Å². The maximum absolute atomic E-state index is 12.1. The number of nitrogens with zero attached hydrogens (tertiary/aromatic N) is 1. The standard InChI is InChI=1S/C21H19N3O4/c1-2-28-19-10-6-5-9-17(19)23-20(26)21(27)24-22-13-16-15-8-4-3-7-14(15)11-12-18(16)25/h3-13,25H,2H2,1H3,(H,23,26)(H,24,27). The predicted molar refractivity (Wildman–Crippen MR) is 108 cm³/mol. The third-order valence-corrected chi connectivity index (χ3v) is 3.95. The van der Waals surface area contributed by atoms with Crippen LogP contribution in [-0.4, -0.2) is 29.7 Å². The molecule has 0 aliphatic rings. The van der Waals surface area contributed by atoms with E-state index in [4.69, 9.17) is 4.74 Å². The summed E-state index contributed by atoms with van der Waals surface area (Å²) in [5, 5.41) is 18.0. The van der Waals surface area contributed by atoms with E-state index < -0.39 is 11.8 Å². The normalized spacial score (nSPS) is 10.8. The van der Waals surface area contributed by atoms with E-state index in [1.807, 2.05) is 31.2 Å². The molecule has 0 heterocycles. The molecule has 0 saturated heterocycles. The van der Waals surface area contributed by atoms with Crippen LogP contribution in [0.3, 0.4) is 0 Å². The quantitative estimate of drug-likeness (QED) is 0.361. The van der Waals surface area contributed by atoms with Crippen molar-refractivity contribution in [2.75, 3.05) is 11.9 Å². The molecule has 0 aliphatic heterocycles. The van der Waals surface area contributed by atoms with Gasteiger partial charge in [-0.25, -0.2) is 5.43 Å². The molecule has 0 aliphatic carbocycles. The predicted octanol–water partition coefficient (Wildman–Crippen LogP) is 3.03. The highest BCUT2D eigenvalue weighted by Crippen LogP contribution is 2.25. The van der Waals surface area contributed by atoms with Gasteiger partial charge in [-0.1, -0.05) is 42.5 Å². The Morgan fingerprint density at radius 2 is 1.79 bits per heavy atom. The Bertz CT molecular complexity index is 1050. The molecule has 2 amide bonds. The van der Waals surface area contributed by atoms with E-state index in [0.717, 1.165) is 10.8 Å². The van der Waals surface area contributed by atoms with Crippen LogP contribution in [0.2, 0.25) is 0 Å². The van der Waals surface area contributed by atoms with Crippen LogP contribution >= 0.6 is 0 Å². The fourth-order valence-electron chi connectivity index (χ4n) is 2.66. The van der Waals surface area contributed by atoms with Crippen molar-refractivity contribution in [2.45, 2.75) is 6.92 Å². The lowest BCUT2D eigenvalue weighted by Crippen LogP contribution is -2.32. The molecule has 3 rings (SSSR count). The number of phenols is 1. The van der Waals surface area contributed by atoms with Crippen LogP contribution in [0.1, 0.15) is 12.5 Å². The van der Waals surface area contributed by atoms with Crippen LogP contribution in [0.15, 0.2) is 65.8 Å². The van der Waals surface area contributed by atoms with Gasteiger partial charge in [-0.3, -0.25) is 9.59 Å². The smallest absolute Gasteiger partial charge is 0.329 e. The fraction of sp³-hybridized carbons (Fsp3) is 0.0952. The fourth-order valence-corrected chi connectivity index (χ4v) is 2.66. The van der Waals surface area contributed by atoms with E-state index in [2.05, 4.69) is 15.8 Å². The van der Waals surface area contributed by atoms with Gasteiger partial charge in [-0.15, -0.1) is 0 Å². The first kappa shape index (κ1) is 18.9. The van der Waals surface area contributed by atoms with Gasteiger partial charge < -0.3 is 15.2 Å². The zero-order valence-corrected chi connectivity index (χ0v) is 15.2. The SMILES string of the molecule is CCOc1ccccc1NC(=O)C(=O)NN=Cc1c(O)ccc2ccccc12. The molecule has 7 nitrogen and oxygen atoms in total. The third kappa shape index (κ3) is 4.27. The summed E-state index contributed by atoms with van der Waals surface area (Å²) in [4.78, 5) is 24.1. The summed E-state index contributed by atoms with van der Waals surface area (Å²) in [7, 11) is 0. The molecule has 3 aromatic rings. The van der Waals surface area contributed by atoms with E-state index in [1.54, 1.807) is 36.4 Å². The summed E-state index contributed by atoms with van der Waals surface area (Å²) >= 11 is 0. The maximum atomic E-state index is 12.1. The molecule has 0 atom stereocenters. The van der Waals surface area contributed by atoms with Gasteiger partial charge in [0.1, 0.15) is 11.5 Å². The van der Waals surface area contributed by atoms with Crippen molar-refractivity contribution in [3.8, 4) is 11.5 Å². The van der Waals surface area contributed by atoms with Gasteiger partial charge in [0.25, 0.3) is 0 Å². The Labute approximate surface area is 161 Å². The molecule has 7 heteroatoms. The molecular formula is C21H19N3O4. The molecule has 3 aromatic carbocycles. The number of amides is 2. The second kappa shape index (κ2) is 8.68. The molecule has 0 bridgehead atoms. The van der Waals surface area contributed by atoms with Crippen LogP contribution < -0.4 is 15.5 Å². The number of ether oxygens (including phenoxy) is 1. The van der Waals surface area contributed by atoms with Crippen molar-refractivity contribution in [1.82, 2.24) is 5.43 Å². The summed E-state index contributed by atoms with van der Waals surface area (Å²) in [5.74, 6) is -1.34. The Balaban J connectivity index is 1.69. The summed E-state index contributed by atoms with van der Waals surface area (Å²) in [5.41, 5.74) is 3.00. The number of fused-ring (bicyclic) bond motifs is 1. The van der Waals surface area contributed by atoms with Crippen molar-refractivity contribution in [3.63, 3.8) is 0 Å². The van der Waals surface area contributed by atoms with Crippen molar-refractivity contribution in [2.24, 2.45) is 5.10 Å². The van der Waals surface area contributed by atoms with Crippen molar-refractivity contribution in [1.29, 1.82) is 0 Å². The van der Waals surface area contributed by atoms with Crippen LogP contribution in [0.25, 0.3) is 10.8 Å². The number of carbonyl (C=O) groups is 2. The maximum Gasteiger partial charge on any atom is 0.329 e. The van der Waals surface area contributed by atoms with E-state index in [1.165, 1.54) is 6.21 Å². The largest absolute Gasteiger partial charge is 0.507 e. The lowest BCUT2D eigenvalue weighted by Gasteiger charge is -2.10. The number of aromatic hydroxyl groups is 1. The number of hydrogen-bond acceptors (Lipinski definition) is 5. The zero-order valence-electron chi connectivity index (χ0n) is 15.2. The number of carbonyl (C=O) groups excluding carboxylic acids is 2. The number of rotatable bonds is 5. The third-order valence-electron chi connectivity index (χ3n) is 3.95. The monoisotopic (exact) mass is 377 g/mol. The topological polar surface area (TPSA) is 100 Å². The first-order valence-electron chi connectivity index (χ1n) is 8.67. The molecule has 28 heavy (non-hydrogen) atoms. The van der Waals surface area contributed by atoms with Crippen molar-refractivity contribution < 1.29 is 19.4 Å². The average molecular weight is 377 g/mol. The summed E-state index contributed by atoms with van der Waals surface area (Å²) in [6.45, 7) is 2.25. The molecule has 0 unspecified atom stereocenters. The van der Waals surface area contributed by atoms with Gasteiger partial charge in [-0.2, -0.15) is 5.10 Å². The second-order valence-corrected chi connectivity index (χ2v) is 5.80. The van der Waals surface area contributed by atoms with E-state index in [9.17, 15) is 14.7 Å². The number of para-hydroxylation sites is 2. The Morgan fingerprint density at radius 1 is 1.04 bits per heavy atom. The molecule has 0 fully saturated rings. The highest BCUT2D eigenvalue weighted by molar-refractivity contribution is 6.39. The highest BCUT2D eigenvalue weighted by atomic mass is 16.5. The van der Waals surface area contributed by atoms with Gasteiger partial charge in [0.2, 0.25) is 0 Å². The van der Waals surface area contributed by atoms with Crippen LogP contribution in [0, 0.1) is 0 Å². The molecular weight excluding hydrogens is 358 g/mol. The zero-order chi connectivity index (χ0) is 19.9. The summed E-state index contributed by atoms with van der Waals surface area (Å²) in [6.07, 6.45) is 1.30.